The van der Waals surface area contributed by atoms with Gasteiger partial charge < -0.3 is 14.3 Å². The van der Waals surface area contributed by atoms with Crippen LogP contribution in [0, 0.1) is 6.92 Å². The number of hydrogen-bond acceptors (Lipinski definition) is 5. The van der Waals surface area contributed by atoms with E-state index in [4.69, 9.17) is 8.94 Å². The summed E-state index contributed by atoms with van der Waals surface area (Å²) in [6, 6.07) is 2.18. The second-order valence-electron chi connectivity index (χ2n) is 5.10. The quantitative estimate of drug-likeness (QED) is 0.839. The fourth-order valence-electron chi connectivity index (χ4n) is 2.37. The predicted molar refractivity (Wildman–Crippen MR) is 77.5 cm³/mol. The lowest BCUT2D eigenvalue weighted by Gasteiger charge is -2.20. The van der Waals surface area contributed by atoms with Crippen LogP contribution >= 0.6 is 0 Å². The van der Waals surface area contributed by atoms with E-state index in [1.165, 1.54) is 0 Å². The molecular formula is C15H23N3O2. The largest absolute Gasteiger partial charge is 0.469 e. The molecule has 0 aliphatic heterocycles. The Balaban J connectivity index is 2.16. The molecule has 2 aromatic heterocycles. The smallest absolute Gasteiger partial charge is 0.231 e. The first kappa shape index (κ1) is 14.8. The van der Waals surface area contributed by atoms with Crippen LogP contribution in [-0.2, 0) is 0 Å². The zero-order valence-corrected chi connectivity index (χ0v) is 12.6. The maximum absolute atomic E-state index is 5.45. The van der Waals surface area contributed by atoms with Crippen LogP contribution < -0.4 is 5.32 Å². The first-order valence-corrected chi connectivity index (χ1v) is 7.28. The van der Waals surface area contributed by atoms with Crippen molar-refractivity contribution in [2.75, 3.05) is 6.54 Å². The second kappa shape index (κ2) is 6.70. The van der Waals surface area contributed by atoms with Gasteiger partial charge in [-0.1, -0.05) is 19.0 Å². The summed E-state index contributed by atoms with van der Waals surface area (Å²) < 4.78 is 10.7. The molecule has 0 bridgehead atoms. The van der Waals surface area contributed by atoms with Gasteiger partial charge in [-0.15, -0.1) is 0 Å². The Hall–Kier alpha value is -1.62. The van der Waals surface area contributed by atoms with Gasteiger partial charge in [0.25, 0.3) is 0 Å². The van der Waals surface area contributed by atoms with Gasteiger partial charge in [0, 0.05) is 6.04 Å². The van der Waals surface area contributed by atoms with Gasteiger partial charge >= 0.3 is 0 Å². The lowest BCUT2D eigenvalue weighted by atomic mass is 9.98. The van der Waals surface area contributed by atoms with Crippen LogP contribution in [0.2, 0.25) is 0 Å². The summed E-state index contributed by atoms with van der Waals surface area (Å²) in [6.07, 6.45) is 3.72. The first-order valence-electron chi connectivity index (χ1n) is 7.28. The van der Waals surface area contributed by atoms with Crippen molar-refractivity contribution in [3.8, 4) is 11.4 Å². The molecule has 1 N–H and O–H groups in total. The molecule has 0 fully saturated rings. The Morgan fingerprint density at radius 1 is 1.35 bits per heavy atom. The molecule has 0 saturated heterocycles. The van der Waals surface area contributed by atoms with Gasteiger partial charge in [-0.3, -0.25) is 0 Å². The molecule has 2 heterocycles. The lowest BCUT2D eigenvalue weighted by Crippen LogP contribution is -2.32. The van der Waals surface area contributed by atoms with Crippen LogP contribution in [0.15, 0.2) is 21.3 Å². The highest BCUT2D eigenvalue weighted by atomic mass is 16.5. The summed E-state index contributed by atoms with van der Waals surface area (Å²) >= 11 is 0. The van der Waals surface area contributed by atoms with Crippen LogP contribution in [-0.4, -0.2) is 22.7 Å². The molecule has 0 saturated carbocycles. The van der Waals surface area contributed by atoms with Crippen molar-refractivity contribution in [1.29, 1.82) is 0 Å². The van der Waals surface area contributed by atoms with E-state index in [1.54, 1.807) is 6.26 Å². The van der Waals surface area contributed by atoms with Crippen LogP contribution in [0.3, 0.4) is 0 Å². The Labute approximate surface area is 119 Å². The topological polar surface area (TPSA) is 64.1 Å². The standard InChI is InChI=1S/C15H23N3O2/c1-5-8-16-10(3)12(6-2)15-17-14(18-20-15)13-7-9-19-11(13)4/h7,9-10,12,16H,5-6,8H2,1-4H3. The van der Waals surface area contributed by atoms with Gasteiger partial charge in [-0.25, -0.2) is 0 Å². The van der Waals surface area contributed by atoms with Crippen molar-refractivity contribution in [3.05, 3.63) is 24.0 Å². The number of nitrogens with zero attached hydrogens (tertiary/aromatic N) is 2. The van der Waals surface area contributed by atoms with E-state index < -0.39 is 0 Å². The Bertz CT molecular complexity index is 533. The molecule has 20 heavy (non-hydrogen) atoms. The molecule has 0 aliphatic rings. The number of hydrogen-bond donors (Lipinski definition) is 1. The van der Waals surface area contributed by atoms with Gasteiger partial charge in [-0.2, -0.15) is 4.98 Å². The molecule has 0 amide bonds. The molecule has 0 spiro atoms. The molecule has 5 heteroatoms. The Morgan fingerprint density at radius 3 is 2.75 bits per heavy atom. The van der Waals surface area contributed by atoms with Gasteiger partial charge in [0.15, 0.2) is 0 Å². The van der Waals surface area contributed by atoms with Crippen molar-refractivity contribution in [2.45, 2.75) is 52.5 Å². The van der Waals surface area contributed by atoms with Crippen LogP contribution in [0.5, 0.6) is 0 Å². The molecule has 5 nitrogen and oxygen atoms in total. The minimum absolute atomic E-state index is 0.231. The third-order valence-electron chi connectivity index (χ3n) is 3.62. The highest BCUT2D eigenvalue weighted by Crippen LogP contribution is 2.26. The van der Waals surface area contributed by atoms with E-state index in [1.807, 2.05) is 13.0 Å². The van der Waals surface area contributed by atoms with Gasteiger partial charge in [-0.05, 0) is 39.3 Å². The van der Waals surface area contributed by atoms with E-state index in [9.17, 15) is 0 Å². The average Bonchev–Trinajstić information content (AvgIpc) is 3.06. The number of furan rings is 1. The van der Waals surface area contributed by atoms with Gasteiger partial charge in [0.2, 0.25) is 11.7 Å². The minimum atomic E-state index is 0.231. The molecule has 2 atom stereocenters. The fraction of sp³-hybridized carbons (Fsp3) is 0.600. The van der Waals surface area contributed by atoms with Crippen molar-refractivity contribution in [1.82, 2.24) is 15.5 Å². The number of aromatic nitrogens is 2. The fourth-order valence-corrected chi connectivity index (χ4v) is 2.37. The highest BCUT2D eigenvalue weighted by molar-refractivity contribution is 5.56. The highest BCUT2D eigenvalue weighted by Gasteiger charge is 2.24. The second-order valence-corrected chi connectivity index (χ2v) is 5.10. The first-order chi connectivity index (χ1) is 9.67. The zero-order chi connectivity index (χ0) is 14.5. The molecule has 2 rings (SSSR count). The van der Waals surface area contributed by atoms with Crippen LogP contribution in [0.4, 0.5) is 0 Å². The minimum Gasteiger partial charge on any atom is -0.469 e. The Kier molecular flexibility index (Phi) is 4.95. The maximum Gasteiger partial charge on any atom is 0.231 e. The van der Waals surface area contributed by atoms with Crippen molar-refractivity contribution in [2.24, 2.45) is 0 Å². The third kappa shape index (κ3) is 3.10. The van der Waals surface area contributed by atoms with E-state index in [0.29, 0.717) is 17.8 Å². The van der Waals surface area contributed by atoms with E-state index in [2.05, 4.69) is 36.2 Å². The maximum atomic E-state index is 5.45. The van der Waals surface area contributed by atoms with E-state index >= 15 is 0 Å². The molecular weight excluding hydrogens is 254 g/mol. The summed E-state index contributed by atoms with van der Waals surface area (Å²) in [5, 5.41) is 7.57. The van der Waals surface area contributed by atoms with Gasteiger partial charge in [0.1, 0.15) is 5.76 Å². The van der Waals surface area contributed by atoms with Crippen LogP contribution in [0.1, 0.15) is 51.2 Å². The Morgan fingerprint density at radius 2 is 2.15 bits per heavy atom. The summed E-state index contributed by atoms with van der Waals surface area (Å²) in [7, 11) is 0. The summed E-state index contributed by atoms with van der Waals surface area (Å²) in [4.78, 5) is 4.54. The summed E-state index contributed by atoms with van der Waals surface area (Å²) in [6.45, 7) is 9.36. The normalized spacial score (nSPS) is 14.4. The number of rotatable bonds is 7. The van der Waals surface area contributed by atoms with Crippen LogP contribution in [0.25, 0.3) is 11.4 Å². The molecule has 2 aromatic rings. The van der Waals surface area contributed by atoms with E-state index in [0.717, 1.165) is 30.7 Å². The van der Waals surface area contributed by atoms with Crippen molar-refractivity contribution in [3.63, 3.8) is 0 Å². The molecule has 110 valence electrons. The molecule has 2 unspecified atom stereocenters. The van der Waals surface area contributed by atoms with E-state index in [-0.39, 0.29) is 5.92 Å². The predicted octanol–water partition coefficient (Wildman–Crippen LogP) is 3.52. The molecule has 0 aliphatic carbocycles. The van der Waals surface area contributed by atoms with Crippen molar-refractivity contribution < 1.29 is 8.94 Å². The van der Waals surface area contributed by atoms with Gasteiger partial charge in [0.05, 0.1) is 17.7 Å². The third-order valence-corrected chi connectivity index (χ3v) is 3.62. The monoisotopic (exact) mass is 277 g/mol. The summed E-state index contributed by atoms with van der Waals surface area (Å²) in [5.74, 6) is 2.34. The molecule has 0 aromatic carbocycles. The van der Waals surface area contributed by atoms with Crippen molar-refractivity contribution >= 4 is 0 Å². The average molecular weight is 277 g/mol. The number of nitrogens with one attached hydrogen (secondary N) is 1. The zero-order valence-electron chi connectivity index (χ0n) is 12.6. The summed E-state index contributed by atoms with van der Waals surface area (Å²) in [5.41, 5.74) is 0.893. The molecule has 0 radical (unpaired) electrons. The number of aryl methyl sites for hydroxylation is 1. The SMILES string of the molecule is CCCNC(C)C(CC)c1nc(-c2ccoc2C)no1. The lowest BCUT2D eigenvalue weighted by molar-refractivity contribution is 0.316.